The predicted octanol–water partition coefficient (Wildman–Crippen LogP) is 3.81. The maximum absolute atomic E-state index is 5.67. The predicted molar refractivity (Wildman–Crippen MR) is 83.0 cm³/mol. The van der Waals surface area contributed by atoms with E-state index in [1.165, 1.54) is 17.1 Å². The van der Waals surface area contributed by atoms with Crippen LogP contribution in [0.3, 0.4) is 0 Å². The molecule has 0 atom stereocenters. The Morgan fingerprint density at radius 1 is 0.947 bits per heavy atom. The summed E-state index contributed by atoms with van der Waals surface area (Å²) >= 11 is 2.14. The minimum atomic E-state index is 0.512. The third-order valence-corrected chi connectivity index (χ3v) is 3.40. The highest BCUT2D eigenvalue weighted by atomic mass is 127. The second kappa shape index (κ2) is 5.52. The van der Waals surface area contributed by atoms with Crippen molar-refractivity contribution in [2.45, 2.75) is 6.61 Å². The first-order valence-electron chi connectivity index (χ1n) is 5.89. The standard InChI is InChI=1S/C15H11IN2O/c16-14-8-15(18-10-17-14)19-9-11-5-6-12-3-1-2-4-13(12)7-11/h1-8,10H,9H2. The van der Waals surface area contributed by atoms with Gasteiger partial charge in [-0.15, -0.1) is 0 Å². The van der Waals surface area contributed by atoms with Crippen molar-refractivity contribution < 1.29 is 4.74 Å². The van der Waals surface area contributed by atoms with Gasteiger partial charge in [-0.1, -0.05) is 36.4 Å². The third kappa shape index (κ3) is 3.01. The molecular formula is C15H11IN2O. The lowest BCUT2D eigenvalue weighted by molar-refractivity contribution is 0.293. The van der Waals surface area contributed by atoms with E-state index in [1.807, 2.05) is 18.2 Å². The van der Waals surface area contributed by atoms with Crippen molar-refractivity contribution in [1.82, 2.24) is 9.97 Å². The first-order valence-corrected chi connectivity index (χ1v) is 6.97. The summed E-state index contributed by atoms with van der Waals surface area (Å²) in [7, 11) is 0. The fourth-order valence-electron chi connectivity index (χ4n) is 1.88. The van der Waals surface area contributed by atoms with E-state index in [-0.39, 0.29) is 0 Å². The number of ether oxygens (including phenoxy) is 1. The Morgan fingerprint density at radius 2 is 1.79 bits per heavy atom. The first kappa shape index (κ1) is 12.3. The summed E-state index contributed by atoms with van der Waals surface area (Å²) < 4.78 is 6.54. The van der Waals surface area contributed by atoms with Crippen LogP contribution in [-0.4, -0.2) is 9.97 Å². The lowest BCUT2D eigenvalue weighted by Gasteiger charge is -2.06. The Balaban J connectivity index is 1.78. The Labute approximate surface area is 124 Å². The number of rotatable bonds is 3. The Kier molecular flexibility index (Phi) is 3.59. The van der Waals surface area contributed by atoms with Gasteiger partial charge in [-0.3, -0.25) is 0 Å². The fourth-order valence-corrected chi connectivity index (χ4v) is 2.27. The van der Waals surface area contributed by atoms with Crippen molar-refractivity contribution in [3.05, 3.63) is 64.1 Å². The van der Waals surface area contributed by atoms with Crippen LogP contribution in [0.25, 0.3) is 10.8 Å². The summed E-state index contributed by atoms with van der Waals surface area (Å²) in [6, 6.07) is 16.4. The summed E-state index contributed by atoms with van der Waals surface area (Å²) in [5, 5.41) is 2.46. The van der Waals surface area contributed by atoms with Crippen molar-refractivity contribution in [2.24, 2.45) is 0 Å². The van der Waals surface area contributed by atoms with Crippen LogP contribution in [0.4, 0.5) is 0 Å². The smallest absolute Gasteiger partial charge is 0.217 e. The van der Waals surface area contributed by atoms with Crippen molar-refractivity contribution in [3.8, 4) is 5.88 Å². The molecule has 0 radical (unpaired) electrons. The molecule has 3 nitrogen and oxygen atoms in total. The second-order valence-electron chi connectivity index (χ2n) is 4.15. The zero-order valence-corrected chi connectivity index (χ0v) is 12.2. The lowest BCUT2D eigenvalue weighted by Crippen LogP contribution is -1.98. The normalized spacial score (nSPS) is 10.6. The number of nitrogens with zero attached hydrogens (tertiary/aromatic N) is 2. The molecule has 0 amide bonds. The maximum atomic E-state index is 5.67. The highest BCUT2D eigenvalue weighted by molar-refractivity contribution is 14.1. The molecule has 0 saturated heterocycles. The number of halogens is 1. The van der Waals surface area contributed by atoms with Crippen LogP contribution in [0, 0.1) is 3.70 Å². The van der Waals surface area contributed by atoms with Gasteiger partial charge < -0.3 is 4.74 Å². The van der Waals surface area contributed by atoms with Gasteiger partial charge in [-0.25, -0.2) is 9.97 Å². The molecule has 0 unspecified atom stereocenters. The fraction of sp³-hybridized carbons (Fsp3) is 0.0667. The molecule has 3 rings (SSSR count). The topological polar surface area (TPSA) is 35.0 Å². The molecule has 1 aromatic heterocycles. The van der Waals surface area contributed by atoms with Crippen LogP contribution in [-0.2, 0) is 6.61 Å². The van der Waals surface area contributed by atoms with Gasteiger partial charge in [-0.2, -0.15) is 0 Å². The molecule has 0 bridgehead atoms. The number of hydrogen-bond donors (Lipinski definition) is 0. The Hall–Kier alpha value is -1.69. The molecule has 0 aliphatic carbocycles. The first-order chi connectivity index (χ1) is 9.31. The van der Waals surface area contributed by atoms with Gasteiger partial charge in [0.1, 0.15) is 16.6 Å². The van der Waals surface area contributed by atoms with E-state index in [4.69, 9.17) is 4.74 Å². The average Bonchev–Trinajstić information content (AvgIpc) is 2.45. The highest BCUT2D eigenvalue weighted by Gasteiger charge is 2.00. The van der Waals surface area contributed by atoms with Crippen LogP contribution in [0.2, 0.25) is 0 Å². The molecule has 0 N–H and O–H groups in total. The van der Waals surface area contributed by atoms with E-state index in [1.54, 1.807) is 0 Å². The number of benzene rings is 2. The molecule has 0 saturated carbocycles. The molecule has 2 aromatic carbocycles. The Morgan fingerprint density at radius 3 is 2.63 bits per heavy atom. The minimum Gasteiger partial charge on any atom is -0.473 e. The molecule has 3 aromatic rings. The van der Waals surface area contributed by atoms with E-state index in [0.29, 0.717) is 12.5 Å². The quantitative estimate of drug-likeness (QED) is 0.525. The third-order valence-electron chi connectivity index (χ3n) is 2.81. The summed E-state index contributed by atoms with van der Waals surface area (Å²) in [5.74, 6) is 0.604. The van der Waals surface area contributed by atoms with Gasteiger partial charge in [0, 0.05) is 6.07 Å². The van der Waals surface area contributed by atoms with E-state index in [2.05, 4.69) is 62.9 Å². The monoisotopic (exact) mass is 362 g/mol. The van der Waals surface area contributed by atoms with Gasteiger partial charge in [0.05, 0.1) is 0 Å². The van der Waals surface area contributed by atoms with Gasteiger partial charge in [-0.05, 0) is 45.0 Å². The highest BCUT2D eigenvalue weighted by Crippen LogP contribution is 2.17. The summed E-state index contributed by atoms with van der Waals surface area (Å²) in [6.07, 6.45) is 1.51. The molecule has 0 aliphatic heterocycles. The van der Waals surface area contributed by atoms with Crippen LogP contribution in [0.15, 0.2) is 54.9 Å². The number of fused-ring (bicyclic) bond motifs is 1. The van der Waals surface area contributed by atoms with Crippen LogP contribution >= 0.6 is 22.6 Å². The van der Waals surface area contributed by atoms with E-state index < -0.39 is 0 Å². The van der Waals surface area contributed by atoms with Crippen LogP contribution < -0.4 is 4.74 Å². The van der Waals surface area contributed by atoms with Gasteiger partial charge in [0.15, 0.2) is 0 Å². The summed E-state index contributed by atoms with van der Waals surface area (Å²) in [6.45, 7) is 0.512. The molecule has 1 heterocycles. The molecule has 0 fully saturated rings. The van der Waals surface area contributed by atoms with Crippen LogP contribution in [0.5, 0.6) is 5.88 Å². The molecular weight excluding hydrogens is 351 g/mol. The van der Waals surface area contributed by atoms with Crippen molar-refractivity contribution in [3.63, 3.8) is 0 Å². The summed E-state index contributed by atoms with van der Waals surface area (Å²) in [4.78, 5) is 8.11. The molecule has 0 aliphatic rings. The molecule has 94 valence electrons. The van der Waals surface area contributed by atoms with Gasteiger partial charge in [0.25, 0.3) is 0 Å². The summed E-state index contributed by atoms with van der Waals surface area (Å²) in [5.41, 5.74) is 1.13. The van der Waals surface area contributed by atoms with E-state index in [0.717, 1.165) is 9.26 Å². The second-order valence-corrected chi connectivity index (χ2v) is 5.25. The number of hydrogen-bond acceptors (Lipinski definition) is 3. The minimum absolute atomic E-state index is 0.512. The van der Waals surface area contributed by atoms with Crippen molar-refractivity contribution in [1.29, 1.82) is 0 Å². The number of aromatic nitrogens is 2. The zero-order valence-electron chi connectivity index (χ0n) is 10.1. The van der Waals surface area contributed by atoms with Gasteiger partial charge >= 0.3 is 0 Å². The van der Waals surface area contributed by atoms with E-state index >= 15 is 0 Å². The largest absolute Gasteiger partial charge is 0.473 e. The average molecular weight is 362 g/mol. The molecule has 19 heavy (non-hydrogen) atoms. The SMILES string of the molecule is Ic1cc(OCc2ccc3ccccc3c2)ncn1. The molecule has 4 heteroatoms. The van der Waals surface area contributed by atoms with Crippen molar-refractivity contribution in [2.75, 3.05) is 0 Å². The van der Waals surface area contributed by atoms with E-state index in [9.17, 15) is 0 Å². The molecule has 0 spiro atoms. The van der Waals surface area contributed by atoms with Gasteiger partial charge in [0.2, 0.25) is 5.88 Å². The van der Waals surface area contributed by atoms with Crippen molar-refractivity contribution >= 4 is 33.4 Å². The van der Waals surface area contributed by atoms with Crippen LogP contribution in [0.1, 0.15) is 5.56 Å². The Bertz CT molecular complexity index is 715. The maximum Gasteiger partial charge on any atom is 0.217 e. The zero-order chi connectivity index (χ0) is 13.1. The lowest BCUT2D eigenvalue weighted by atomic mass is 10.1.